The van der Waals surface area contributed by atoms with E-state index in [1.54, 1.807) is 12.1 Å². The average molecular weight is 357 g/mol. The summed E-state index contributed by atoms with van der Waals surface area (Å²) in [6, 6.07) is 23.2. The Bertz CT molecular complexity index is 1100. The molecule has 0 saturated carbocycles. The number of hydrogen-bond donors (Lipinski definition) is 2. The number of aromatic nitrogens is 1. The number of hydrogen-bond acceptors (Lipinski definition) is 3. The number of nitro groups is 1. The van der Waals surface area contributed by atoms with Gasteiger partial charge in [0.1, 0.15) is 0 Å². The number of nitrogens with zero attached hydrogens (tertiary/aromatic N) is 1. The van der Waals surface area contributed by atoms with Crippen molar-refractivity contribution in [2.75, 3.05) is 12.4 Å². The summed E-state index contributed by atoms with van der Waals surface area (Å²) >= 11 is 0. The number of fused-ring (bicyclic) bond motifs is 1. The predicted molar refractivity (Wildman–Crippen MR) is 108 cm³/mol. The number of H-pyrrole nitrogens is 1. The van der Waals surface area contributed by atoms with Crippen LogP contribution in [0.4, 0.5) is 11.4 Å². The van der Waals surface area contributed by atoms with E-state index in [2.05, 4.69) is 28.5 Å². The van der Waals surface area contributed by atoms with E-state index in [1.165, 1.54) is 6.07 Å². The summed E-state index contributed by atoms with van der Waals surface area (Å²) < 4.78 is 0. The summed E-state index contributed by atoms with van der Waals surface area (Å²) in [7, 11) is 1.88. The van der Waals surface area contributed by atoms with E-state index >= 15 is 0 Å². The summed E-state index contributed by atoms with van der Waals surface area (Å²) in [5.41, 5.74) is 5.25. The van der Waals surface area contributed by atoms with E-state index in [1.807, 2.05) is 49.6 Å². The highest BCUT2D eigenvalue weighted by atomic mass is 16.6. The van der Waals surface area contributed by atoms with Crippen molar-refractivity contribution in [3.05, 3.63) is 106 Å². The quantitative estimate of drug-likeness (QED) is 0.376. The number of aromatic amines is 1. The first kappa shape index (κ1) is 16.8. The monoisotopic (exact) mass is 357 g/mol. The molecule has 1 heterocycles. The van der Waals surface area contributed by atoms with Gasteiger partial charge in [0.25, 0.3) is 5.69 Å². The minimum Gasteiger partial charge on any atom is -0.388 e. The Balaban J connectivity index is 1.92. The van der Waals surface area contributed by atoms with Crippen LogP contribution in [0.25, 0.3) is 10.9 Å². The third kappa shape index (κ3) is 3.15. The topological polar surface area (TPSA) is 71.0 Å². The number of para-hydroxylation sites is 1. The van der Waals surface area contributed by atoms with Gasteiger partial charge in [-0.1, -0.05) is 42.5 Å². The second-order valence-electron chi connectivity index (χ2n) is 6.45. The van der Waals surface area contributed by atoms with Crippen molar-refractivity contribution in [3.8, 4) is 0 Å². The second kappa shape index (κ2) is 6.96. The lowest BCUT2D eigenvalue weighted by molar-refractivity contribution is -0.384. The van der Waals surface area contributed by atoms with E-state index in [0.717, 1.165) is 33.3 Å². The molecular weight excluding hydrogens is 338 g/mol. The van der Waals surface area contributed by atoms with Crippen LogP contribution in [-0.4, -0.2) is 17.0 Å². The molecule has 0 amide bonds. The van der Waals surface area contributed by atoms with Crippen LogP contribution in [0.1, 0.15) is 22.6 Å². The van der Waals surface area contributed by atoms with Gasteiger partial charge in [0, 0.05) is 47.9 Å². The van der Waals surface area contributed by atoms with Crippen LogP contribution in [-0.2, 0) is 0 Å². The highest BCUT2D eigenvalue weighted by Crippen LogP contribution is 2.37. The largest absolute Gasteiger partial charge is 0.388 e. The Morgan fingerprint density at radius 2 is 1.74 bits per heavy atom. The second-order valence-corrected chi connectivity index (χ2v) is 6.45. The minimum atomic E-state index is -0.347. The third-order valence-electron chi connectivity index (χ3n) is 4.88. The zero-order valence-electron chi connectivity index (χ0n) is 14.8. The zero-order valence-corrected chi connectivity index (χ0v) is 14.8. The van der Waals surface area contributed by atoms with Gasteiger partial charge < -0.3 is 10.3 Å². The number of nitrogens with one attached hydrogen (secondary N) is 2. The maximum Gasteiger partial charge on any atom is 0.269 e. The molecule has 1 unspecified atom stereocenters. The van der Waals surface area contributed by atoms with Crippen molar-refractivity contribution in [2.45, 2.75) is 5.92 Å². The van der Waals surface area contributed by atoms with Gasteiger partial charge in [0.15, 0.2) is 0 Å². The number of nitro benzene ring substituents is 1. The molecule has 0 fully saturated rings. The lowest BCUT2D eigenvalue weighted by Crippen LogP contribution is -2.04. The SMILES string of the molecule is CNc1ccc(C(c2cccc([N+](=O)[O-])c2)c2c[nH]c3ccccc23)cc1. The summed E-state index contributed by atoms with van der Waals surface area (Å²) in [5.74, 6) is -0.105. The molecule has 4 aromatic rings. The fourth-order valence-corrected chi connectivity index (χ4v) is 3.54. The first-order valence-electron chi connectivity index (χ1n) is 8.75. The van der Waals surface area contributed by atoms with Crippen LogP contribution in [0, 0.1) is 10.1 Å². The van der Waals surface area contributed by atoms with E-state index in [0.29, 0.717) is 0 Å². The number of anilines is 1. The van der Waals surface area contributed by atoms with Gasteiger partial charge in [-0.05, 0) is 34.9 Å². The van der Waals surface area contributed by atoms with Crippen LogP contribution in [0.2, 0.25) is 0 Å². The van der Waals surface area contributed by atoms with Crippen molar-refractivity contribution in [1.82, 2.24) is 4.98 Å². The molecule has 27 heavy (non-hydrogen) atoms. The van der Waals surface area contributed by atoms with Crippen molar-refractivity contribution in [1.29, 1.82) is 0 Å². The van der Waals surface area contributed by atoms with E-state index in [-0.39, 0.29) is 16.5 Å². The molecule has 0 aliphatic carbocycles. The number of non-ortho nitro benzene ring substituents is 1. The molecule has 0 aliphatic heterocycles. The van der Waals surface area contributed by atoms with Crippen molar-refractivity contribution in [2.24, 2.45) is 0 Å². The summed E-state index contributed by atoms with van der Waals surface area (Å²) in [6.45, 7) is 0. The van der Waals surface area contributed by atoms with Crippen molar-refractivity contribution in [3.63, 3.8) is 0 Å². The average Bonchev–Trinajstić information content (AvgIpc) is 3.13. The Kier molecular flexibility index (Phi) is 4.34. The lowest BCUT2D eigenvalue weighted by atomic mass is 9.84. The minimum absolute atomic E-state index is 0.101. The van der Waals surface area contributed by atoms with Crippen LogP contribution in [0.3, 0.4) is 0 Å². The van der Waals surface area contributed by atoms with Crippen LogP contribution >= 0.6 is 0 Å². The summed E-state index contributed by atoms with van der Waals surface area (Å²) in [4.78, 5) is 14.3. The highest BCUT2D eigenvalue weighted by Gasteiger charge is 2.22. The van der Waals surface area contributed by atoms with E-state index < -0.39 is 0 Å². The molecular formula is C22H19N3O2. The van der Waals surface area contributed by atoms with Crippen LogP contribution in [0.5, 0.6) is 0 Å². The smallest absolute Gasteiger partial charge is 0.269 e. The molecule has 0 radical (unpaired) electrons. The Morgan fingerprint density at radius 1 is 0.963 bits per heavy atom. The van der Waals surface area contributed by atoms with Gasteiger partial charge >= 0.3 is 0 Å². The Morgan fingerprint density at radius 3 is 2.48 bits per heavy atom. The molecule has 0 spiro atoms. The Hall–Kier alpha value is -3.60. The van der Waals surface area contributed by atoms with Gasteiger partial charge in [0.2, 0.25) is 0 Å². The van der Waals surface area contributed by atoms with Gasteiger partial charge in [-0.25, -0.2) is 0 Å². The van der Waals surface area contributed by atoms with E-state index in [4.69, 9.17) is 0 Å². The fourth-order valence-electron chi connectivity index (χ4n) is 3.54. The normalized spacial score (nSPS) is 12.0. The standard InChI is InChI=1S/C22H19N3O2/c1-23-17-11-9-15(10-12-17)22(16-5-4-6-18(13-16)25(26)27)20-14-24-21-8-3-2-7-19(20)21/h2-14,22-24H,1H3. The molecule has 3 aromatic carbocycles. The lowest BCUT2D eigenvalue weighted by Gasteiger charge is -2.18. The van der Waals surface area contributed by atoms with Gasteiger partial charge in [-0.15, -0.1) is 0 Å². The molecule has 4 rings (SSSR count). The predicted octanol–water partition coefficient (Wildman–Crippen LogP) is 5.30. The summed E-state index contributed by atoms with van der Waals surface area (Å²) in [5, 5.41) is 15.5. The molecule has 0 saturated heterocycles. The van der Waals surface area contributed by atoms with Crippen LogP contribution < -0.4 is 5.32 Å². The van der Waals surface area contributed by atoms with Crippen molar-refractivity contribution >= 4 is 22.3 Å². The first-order chi connectivity index (χ1) is 13.2. The fraction of sp³-hybridized carbons (Fsp3) is 0.0909. The first-order valence-corrected chi connectivity index (χ1v) is 8.75. The third-order valence-corrected chi connectivity index (χ3v) is 4.88. The zero-order chi connectivity index (χ0) is 18.8. The van der Waals surface area contributed by atoms with Crippen molar-refractivity contribution < 1.29 is 4.92 Å². The number of rotatable bonds is 5. The maximum atomic E-state index is 11.3. The number of benzene rings is 3. The molecule has 1 aromatic heterocycles. The summed E-state index contributed by atoms with van der Waals surface area (Å²) in [6.07, 6.45) is 2.00. The Labute approximate surface area is 156 Å². The molecule has 2 N–H and O–H groups in total. The molecule has 5 nitrogen and oxygen atoms in total. The van der Waals surface area contributed by atoms with Gasteiger partial charge in [-0.3, -0.25) is 10.1 Å². The van der Waals surface area contributed by atoms with E-state index in [9.17, 15) is 10.1 Å². The van der Waals surface area contributed by atoms with Gasteiger partial charge in [-0.2, -0.15) is 0 Å². The molecule has 5 heteroatoms. The molecule has 0 bridgehead atoms. The molecule has 0 aliphatic rings. The van der Waals surface area contributed by atoms with Crippen LogP contribution in [0.15, 0.2) is 79.0 Å². The molecule has 1 atom stereocenters. The van der Waals surface area contributed by atoms with Gasteiger partial charge in [0.05, 0.1) is 4.92 Å². The maximum absolute atomic E-state index is 11.3. The molecule has 134 valence electrons. The highest BCUT2D eigenvalue weighted by molar-refractivity contribution is 5.84.